The van der Waals surface area contributed by atoms with E-state index < -0.39 is 11.7 Å². The Bertz CT molecular complexity index is 709. The van der Waals surface area contributed by atoms with Gasteiger partial charge in [-0.25, -0.2) is 4.99 Å². The first-order valence-electron chi connectivity index (χ1n) is 6.63. The van der Waals surface area contributed by atoms with Crippen LogP contribution in [0.2, 0.25) is 5.02 Å². The first-order chi connectivity index (χ1) is 10.8. The molecule has 0 amide bonds. The van der Waals surface area contributed by atoms with Crippen LogP contribution in [0.5, 0.6) is 0 Å². The van der Waals surface area contributed by atoms with Crippen LogP contribution in [-0.2, 0) is 26.3 Å². The van der Waals surface area contributed by atoms with Crippen molar-refractivity contribution in [2.45, 2.75) is 19.3 Å². The van der Waals surface area contributed by atoms with Gasteiger partial charge < -0.3 is 11.1 Å². The minimum atomic E-state index is -4.38. The molecule has 0 fully saturated rings. The van der Waals surface area contributed by atoms with Crippen molar-refractivity contribution in [2.75, 3.05) is 0 Å². The molecule has 0 radical (unpaired) electrons. The van der Waals surface area contributed by atoms with E-state index in [9.17, 15) is 13.2 Å². The average Bonchev–Trinajstić information content (AvgIpc) is 2.80. The van der Waals surface area contributed by atoms with Gasteiger partial charge in [-0.05, 0) is 17.7 Å². The molecule has 5 nitrogen and oxygen atoms in total. The molecular formula is C14H15ClF3N5. The fraction of sp³-hybridized carbons (Fsp3) is 0.286. The molecule has 0 saturated carbocycles. The van der Waals surface area contributed by atoms with Crippen molar-refractivity contribution < 1.29 is 13.2 Å². The first kappa shape index (κ1) is 17.1. The number of rotatable bonds is 4. The predicted octanol–water partition coefficient (Wildman–Crippen LogP) is 2.70. The van der Waals surface area contributed by atoms with Crippen LogP contribution in [-0.4, -0.2) is 15.7 Å². The number of aryl methyl sites for hydroxylation is 1. The predicted molar refractivity (Wildman–Crippen MR) is 81.8 cm³/mol. The van der Waals surface area contributed by atoms with E-state index >= 15 is 0 Å². The van der Waals surface area contributed by atoms with E-state index in [-0.39, 0.29) is 19.0 Å². The number of aliphatic imine (C=N–C) groups is 1. The Kier molecular flexibility index (Phi) is 5.15. The second kappa shape index (κ2) is 6.91. The van der Waals surface area contributed by atoms with E-state index in [0.29, 0.717) is 16.3 Å². The number of aromatic nitrogens is 2. The van der Waals surface area contributed by atoms with E-state index in [0.717, 1.165) is 12.1 Å². The monoisotopic (exact) mass is 345 g/mol. The van der Waals surface area contributed by atoms with Gasteiger partial charge in [0, 0.05) is 13.2 Å². The van der Waals surface area contributed by atoms with Gasteiger partial charge in [0.1, 0.15) is 5.69 Å². The molecule has 0 aliphatic rings. The van der Waals surface area contributed by atoms with Gasteiger partial charge in [-0.1, -0.05) is 23.7 Å². The minimum Gasteiger partial charge on any atom is -0.370 e. The molecule has 124 valence electrons. The normalized spacial score (nSPS) is 12.5. The van der Waals surface area contributed by atoms with Crippen LogP contribution in [0.15, 0.2) is 35.5 Å². The van der Waals surface area contributed by atoms with E-state index in [1.54, 1.807) is 24.0 Å². The van der Waals surface area contributed by atoms with Gasteiger partial charge in [0.2, 0.25) is 0 Å². The molecule has 1 heterocycles. The lowest BCUT2D eigenvalue weighted by molar-refractivity contribution is -0.137. The lowest BCUT2D eigenvalue weighted by Gasteiger charge is -2.08. The molecule has 0 unspecified atom stereocenters. The maximum absolute atomic E-state index is 12.6. The highest BCUT2D eigenvalue weighted by molar-refractivity contribution is 6.31. The van der Waals surface area contributed by atoms with Gasteiger partial charge in [0.05, 0.1) is 23.7 Å². The van der Waals surface area contributed by atoms with Crippen LogP contribution in [0.1, 0.15) is 16.8 Å². The van der Waals surface area contributed by atoms with Gasteiger partial charge in [-0.2, -0.15) is 18.3 Å². The van der Waals surface area contributed by atoms with Crippen LogP contribution in [0, 0.1) is 0 Å². The van der Waals surface area contributed by atoms with E-state index in [4.69, 9.17) is 17.3 Å². The zero-order valence-corrected chi connectivity index (χ0v) is 13.0. The summed E-state index contributed by atoms with van der Waals surface area (Å²) in [5.74, 6) is 0.101. The van der Waals surface area contributed by atoms with E-state index in [1.165, 1.54) is 6.07 Å². The van der Waals surface area contributed by atoms with Gasteiger partial charge in [0.15, 0.2) is 5.96 Å². The summed E-state index contributed by atoms with van der Waals surface area (Å²) in [6.45, 7) is 0.316. The molecule has 0 aliphatic carbocycles. The molecule has 2 rings (SSSR count). The molecule has 0 atom stereocenters. The zero-order valence-electron chi connectivity index (χ0n) is 12.2. The summed E-state index contributed by atoms with van der Waals surface area (Å²) in [7, 11) is 1.74. The SMILES string of the molecule is Cn1cc(Cl)c(CNC(N)=NCc2cccc(C(F)(F)F)c2)n1. The third-order valence-corrected chi connectivity index (χ3v) is 3.29. The quantitative estimate of drug-likeness (QED) is 0.661. The number of halogens is 4. The number of nitrogens with one attached hydrogen (secondary N) is 1. The topological polar surface area (TPSA) is 68.2 Å². The number of nitrogens with zero attached hydrogens (tertiary/aromatic N) is 3. The standard InChI is InChI=1S/C14H15ClF3N5/c1-23-8-11(15)12(22-23)7-21-13(19)20-6-9-3-2-4-10(5-9)14(16,17)18/h2-5,8H,6-7H2,1H3,(H3,19,20,21). The summed E-state index contributed by atoms with van der Waals surface area (Å²) in [6.07, 6.45) is -2.73. The Balaban J connectivity index is 1.96. The number of alkyl halides is 3. The van der Waals surface area contributed by atoms with Crippen LogP contribution in [0.3, 0.4) is 0 Å². The lowest BCUT2D eigenvalue weighted by atomic mass is 10.1. The fourth-order valence-corrected chi connectivity index (χ4v) is 2.12. The van der Waals surface area contributed by atoms with Crippen molar-refractivity contribution in [1.82, 2.24) is 15.1 Å². The van der Waals surface area contributed by atoms with Crippen molar-refractivity contribution in [3.8, 4) is 0 Å². The first-order valence-corrected chi connectivity index (χ1v) is 7.01. The third kappa shape index (κ3) is 4.88. The highest BCUT2D eigenvalue weighted by Crippen LogP contribution is 2.29. The highest BCUT2D eigenvalue weighted by Gasteiger charge is 2.30. The Hall–Kier alpha value is -2.22. The number of hydrogen-bond acceptors (Lipinski definition) is 2. The highest BCUT2D eigenvalue weighted by atomic mass is 35.5. The summed E-state index contributed by atoms with van der Waals surface area (Å²) < 4.78 is 39.4. The van der Waals surface area contributed by atoms with Crippen LogP contribution in [0.4, 0.5) is 13.2 Å². The molecule has 0 spiro atoms. The van der Waals surface area contributed by atoms with Gasteiger partial charge >= 0.3 is 6.18 Å². The van der Waals surface area contributed by atoms with Crippen molar-refractivity contribution in [3.05, 3.63) is 52.3 Å². The molecule has 1 aromatic heterocycles. The molecule has 1 aromatic carbocycles. The Morgan fingerprint density at radius 3 is 2.78 bits per heavy atom. The molecule has 0 bridgehead atoms. The van der Waals surface area contributed by atoms with Crippen molar-refractivity contribution >= 4 is 17.6 Å². The van der Waals surface area contributed by atoms with Crippen molar-refractivity contribution in [3.63, 3.8) is 0 Å². The molecule has 0 aliphatic heterocycles. The van der Waals surface area contributed by atoms with Crippen LogP contribution in [0.25, 0.3) is 0 Å². The molecule has 2 aromatic rings. The number of guanidine groups is 1. The summed E-state index contributed by atoms with van der Waals surface area (Å²) >= 11 is 5.95. The van der Waals surface area contributed by atoms with E-state index in [1.807, 2.05) is 0 Å². The Morgan fingerprint density at radius 2 is 2.17 bits per heavy atom. The zero-order chi connectivity index (χ0) is 17.0. The van der Waals surface area contributed by atoms with E-state index in [2.05, 4.69) is 15.4 Å². The van der Waals surface area contributed by atoms with Crippen LogP contribution >= 0.6 is 11.6 Å². The van der Waals surface area contributed by atoms with Crippen LogP contribution < -0.4 is 11.1 Å². The number of hydrogen-bond donors (Lipinski definition) is 2. The number of benzene rings is 1. The number of nitrogens with two attached hydrogens (primary N) is 1. The Labute approximate surface area is 136 Å². The molecule has 23 heavy (non-hydrogen) atoms. The minimum absolute atomic E-state index is 0.0404. The Morgan fingerprint density at radius 1 is 1.43 bits per heavy atom. The fourth-order valence-electron chi connectivity index (χ4n) is 1.88. The summed E-state index contributed by atoms with van der Waals surface area (Å²) in [4.78, 5) is 4.01. The summed E-state index contributed by atoms with van der Waals surface area (Å²) in [6, 6.07) is 4.96. The molecule has 3 N–H and O–H groups in total. The largest absolute Gasteiger partial charge is 0.416 e. The summed E-state index contributed by atoms with van der Waals surface area (Å²) in [5, 5.41) is 7.43. The van der Waals surface area contributed by atoms with Gasteiger partial charge in [-0.3, -0.25) is 4.68 Å². The maximum Gasteiger partial charge on any atom is 0.416 e. The molecule has 0 saturated heterocycles. The smallest absolute Gasteiger partial charge is 0.370 e. The third-order valence-electron chi connectivity index (χ3n) is 2.98. The van der Waals surface area contributed by atoms with Crippen molar-refractivity contribution in [1.29, 1.82) is 0 Å². The average molecular weight is 346 g/mol. The molecule has 9 heteroatoms. The van der Waals surface area contributed by atoms with Crippen molar-refractivity contribution in [2.24, 2.45) is 17.8 Å². The summed E-state index contributed by atoms with van der Waals surface area (Å²) in [5.41, 5.74) is 6.00. The molecular weight excluding hydrogens is 331 g/mol. The van der Waals surface area contributed by atoms with Gasteiger partial charge in [0.25, 0.3) is 0 Å². The lowest BCUT2D eigenvalue weighted by Crippen LogP contribution is -2.31. The maximum atomic E-state index is 12.6. The van der Waals surface area contributed by atoms with Gasteiger partial charge in [-0.15, -0.1) is 0 Å². The second-order valence-corrected chi connectivity index (χ2v) is 5.26. The second-order valence-electron chi connectivity index (χ2n) is 4.85.